The number of nitrogens with zero attached hydrogens (tertiary/aromatic N) is 2. The van der Waals surface area contributed by atoms with Crippen LogP contribution in [0.15, 0.2) is 12.1 Å². The first kappa shape index (κ1) is 16.5. The number of fused-ring (bicyclic) bond motifs is 1. The van der Waals surface area contributed by atoms with Crippen LogP contribution in [-0.2, 0) is 17.8 Å². The van der Waals surface area contributed by atoms with Gasteiger partial charge in [0.25, 0.3) is 0 Å². The summed E-state index contributed by atoms with van der Waals surface area (Å²) in [6.07, 6.45) is 0.923. The summed E-state index contributed by atoms with van der Waals surface area (Å²) >= 11 is 7.75. The molecule has 0 aliphatic rings. The number of alkyl halides is 1. The van der Waals surface area contributed by atoms with E-state index < -0.39 is 0 Å². The molecule has 0 fully saturated rings. The lowest BCUT2D eigenvalue weighted by molar-refractivity contribution is -0.121. The van der Waals surface area contributed by atoms with Crippen LogP contribution in [0.5, 0.6) is 0 Å². The quantitative estimate of drug-likeness (QED) is 0.573. The van der Waals surface area contributed by atoms with Crippen LogP contribution < -0.4 is 5.32 Å². The van der Waals surface area contributed by atoms with E-state index in [2.05, 4.69) is 10.3 Å². The van der Waals surface area contributed by atoms with Gasteiger partial charge in [-0.15, -0.1) is 11.6 Å². The molecule has 114 valence electrons. The van der Waals surface area contributed by atoms with E-state index in [4.69, 9.17) is 11.6 Å². The minimum atomic E-state index is -0.278. The van der Waals surface area contributed by atoms with Crippen LogP contribution in [0.2, 0.25) is 0 Å². The Hall–Kier alpha value is -0.890. The molecule has 1 amide bonds. The van der Waals surface area contributed by atoms with Gasteiger partial charge in [-0.25, -0.2) is 9.37 Å². The number of aryl methyl sites for hydroxylation is 2. The number of rotatable bonds is 6. The summed E-state index contributed by atoms with van der Waals surface area (Å²) in [4.78, 5) is 16.1. The Labute approximate surface area is 141 Å². The number of amides is 1. The summed E-state index contributed by atoms with van der Waals surface area (Å²) in [7, 11) is 0. The molecule has 0 saturated heterocycles. The maximum Gasteiger partial charge on any atom is 0.221 e. The Morgan fingerprint density at radius 2 is 2.29 bits per heavy atom. The van der Waals surface area contributed by atoms with Crippen molar-refractivity contribution in [2.75, 3.05) is 12.4 Å². The molecule has 1 aromatic carbocycles. The fourth-order valence-electron chi connectivity index (χ4n) is 2.19. The number of hydrogen-bond donors (Lipinski definition) is 1. The van der Waals surface area contributed by atoms with Crippen molar-refractivity contribution in [3.05, 3.63) is 27.3 Å². The Balaban J connectivity index is 2.36. The molecule has 1 aromatic heterocycles. The van der Waals surface area contributed by atoms with E-state index in [1.807, 2.05) is 34.1 Å². The molecule has 21 heavy (non-hydrogen) atoms. The molecule has 2 aromatic rings. The fraction of sp³-hybridized carbons (Fsp3) is 0.429. The summed E-state index contributed by atoms with van der Waals surface area (Å²) in [6.45, 7) is 2.94. The summed E-state index contributed by atoms with van der Waals surface area (Å²) in [6, 6.07) is 3.19. The highest BCUT2D eigenvalue weighted by atomic mass is 127. The van der Waals surface area contributed by atoms with E-state index in [0.29, 0.717) is 40.9 Å². The zero-order valence-corrected chi connectivity index (χ0v) is 14.5. The largest absolute Gasteiger partial charge is 0.356 e. The van der Waals surface area contributed by atoms with Crippen molar-refractivity contribution in [1.82, 2.24) is 14.9 Å². The van der Waals surface area contributed by atoms with Gasteiger partial charge in [-0.2, -0.15) is 0 Å². The van der Waals surface area contributed by atoms with Gasteiger partial charge in [0.2, 0.25) is 5.91 Å². The monoisotopic (exact) mass is 423 g/mol. The summed E-state index contributed by atoms with van der Waals surface area (Å²) in [5.41, 5.74) is 1.44. The molecule has 0 saturated carbocycles. The zero-order chi connectivity index (χ0) is 15.4. The average Bonchev–Trinajstić information content (AvgIpc) is 2.75. The van der Waals surface area contributed by atoms with Crippen LogP contribution in [0.4, 0.5) is 4.39 Å². The van der Waals surface area contributed by atoms with E-state index in [0.717, 1.165) is 11.3 Å². The van der Waals surface area contributed by atoms with Crippen molar-refractivity contribution in [1.29, 1.82) is 0 Å². The maximum absolute atomic E-state index is 13.8. The van der Waals surface area contributed by atoms with Gasteiger partial charge >= 0.3 is 0 Å². The van der Waals surface area contributed by atoms with E-state index in [-0.39, 0.29) is 11.7 Å². The highest BCUT2D eigenvalue weighted by Crippen LogP contribution is 2.22. The lowest BCUT2D eigenvalue weighted by Crippen LogP contribution is -2.24. The summed E-state index contributed by atoms with van der Waals surface area (Å²) in [5, 5.41) is 2.75. The van der Waals surface area contributed by atoms with Gasteiger partial charge in [-0.05, 0) is 35.6 Å². The third-order valence-electron chi connectivity index (χ3n) is 3.12. The standard InChI is InChI=1S/C14H16ClFIN3O/c1-2-18-14(21)4-6-20-12-7-9(16)10(17)8-11(12)19-13(20)3-5-15/h7-8H,2-6H2,1H3,(H,18,21). The van der Waals surface area contributed by atoms with Crippen molar-refractivity contribution in [3.63, 3.8) is 0 Å². The SMILES string of the molecule is CCNC(=O)CCn1c(CCCl)nc2cc(I)c(F)cc21. The first-order valence-electron chi connectivity index (χ1n) is 6.73. The molecule has 0 radical (unpaired) electrons. The minimum Gasteiger partial charge on any atom is -0.356 e. The molecule has 7 heteroatoms. The Morgan fingerprint density at radius 3 is 2.95 bits per heavy atom. The third-order valence-corrected chi connectivity index (χ3v) is 4.14. The molecular formula is C14H16ClFIN3O. The van der Waals surface area contributed by atoms with Gasteiger partial charge in [0.1, 0.15) is 11.6 Å². The van der Waals surface area contributed by atoms with E-state index in [1.54, 1.807) is 6.07 Å². The molecule has 0 atom stereocenters. The van der Waals surface area contributed by atoms with Crippen molar-refractivity contribution < 1.29 is 9.18 Å². The van der Waals surface area contributed by atoms with Crippen molar-refractivity contribution in [2.24, 2.45) is 0 Å². The molecule has 4 nitrogen and oxygen atoms in total. The van der Waals surface area contributed by atoms with Crippen LogP contribution in [0, 0.1) is 9.39 Å². The van der Waals surface area contributed by atoms with Gasteiger partial charge in [-0.1, -0.05) is 0 Å². The van der Waals surface area contributed by atoms with Crippen LogP contribution in [0.25, 0.3) is 11.0 Å². The highest BCUT2D eigenvalue weighted by Gasteiger charge is 2.14. The van der Waals surface area contributed by atoms with Crippen LogP contribution in [-0.4, -0.2) is 27.9 Å². The molecule has 0 spiro atoms. The molecule has 0 bridgehead atoms. The molecular weight excluding hydrogens is 408 g/mol. The van der Waals surface area contributed by atoms with E-state index >= 15 is 0 Å². The van der Waals surface area contributed by atoms with Gasteiger partial charge in [0, 0.05) is 37.9 Å². The fourth-order valence-corrected chi connectivity index (χ4v) is 2.81. The van der Waals surface area contributed by atoms with Crippen molar-refractivity contribution in [2.45, 2.75) is 26.3 Å². The Kier molecular flexibility index (Phi) is 5.80. The maximum atomic E-state index is 13.8. The predicted molar refractivity (Wildman–Crippen MR) is 90.1 cm³/mol. The van der Waals surface area contributed by atoms with Crippen molar-refractivity contribution in [3.8, 4) is 0 Å². The predicted octanol–water partition coefficient (Wildman–Crippen LogP) is 3.09. The number of halogens is 3. The first-order chi connectivity index (χ1) is 10.1. The Bertz CT molecular complexity index is 659. The molecule has 0 aliphatic carbocycles. The smallest absolute Gasteiger partial charge is 0.221 e. The van der Waals surface area contributed by atoms with Crippen LogP contribution in [0.3, 0.4) is 0 Å². The second-order valence-corrected chi connectivity index (χ2v) is 6.12. The van der Waals surface area contributed by atoms with Gasteiger partial charge in [0.05, 0.1) is 14.6 Å². The highest BCUT2D eigenvalue weighted by molar-refractivity contribution is 14.1. The number of nitrogens with one attached hydrogen (secondary N) is 1. The number of benzene rings is 1. The van der Waals surface area contributed by atoms with Gasteiger partial charge in [-0.3, -0.25) is 4.79 Å². The van der Waals surface area contributed by atoms with Gasteiger partial charge < -0.3 is 9.88 Å². The molecule has 0 unspecified atom stereocenters. The van der Waals surface area contributed by atoms with E-state index in [1.165, 1.54) is 6.07 Å². The van der Waals surface area contributed by atoms with Gasteiger partial charge in [0.15, 0.2) is 0 Å². The van der Waals surface area contributed by atoms with Crippen LogP contribution in [0.1, 0.15) is 19.2 Å². The lowest BCUT2D eigenvalue weighted by atomic mass is 10.3. The second-order valence-electron chi connectivity index (χ2n) is 4.58. The first-order valence-corrected chi connectivity index (χ1v) is 8.35. The number of carbonyl (C=O) groups excluding carboxylic acids is 1. The van der Waals surface area contributed by atoms with E-state index in [9.17, 15) is 9.18 Å². The average molecular weight is 424 g/mol. The number of carbonyl (C=O) groups is 1. The number of aromatic nitrogens is 2. The lowest BCUT2D eigenvalue weighted by Gasteiger charge is -2.08. The number of hydrogen-bond acceptors (Lipinski definition) is 2. The summed E-state index contributed by atoms with van der Waals surface area (Å²) < 4.78 is 16.2. The molecule has 1 heterocycles. The molecule has 0 aliphatic heterocycles. The second kappa shape index (κ2) is 7.40. The normalized spacial score (nSPS) is 11.0. The topological polar surface area (TPSA) is 46.9 Å². The molecule has 2 rings (SSSR count). The molecule has 1 N–H and O–H groups in total. The number of imidazole rings is 1. The summed E-state index contributed by atoms with van der Waals surface area (Å²) in [5.74, 6) is 0.914. The van der Waals surface area contributed by atoms with Crippen LogP contribution >= 0.6 is 34.2 Å². The zero-order valence-electron chi connectivity index (χ0n) is 11.6. The van der Waals surface area contributed by atoms with Crippen molar-refractivity contribution >= 4 is 51.1 Å². The Morgan fingerprint density at radius 1 is 1.52 bits per heavy atom. The third kappa shape index (κ3) is 3.85. The minimum absolute atomic E-state index is 0.0258.